The molecule has 5 nitrogen and oxygen atoms in total. The van der Waals surface area contributed by atoms with Crippen molar-refractivity contribution in [2.24, 2.45) is 11.7 Å². The molecular weight excluding hydrogens is 186 g/mol. The zero-order chi connectivity index (χ0) is 11.3. The van der Waals surface area contributed by atoms with Crippen molar-refractivity contribution in [2.45, 2.75) is 39.3 Å². The first-order valence-electron chi connectivity index (χ1n) is 4.53. The van der Waals surface area contributed by atoms with Gasteiger partial charge in [0.2, 0.25) is 0 Å². The molecule has 0 unspecified atom stereocenters. The van der Waals surface area contributed by atoms with Crippen LogP contribution in [0.4, 0.5) is 0 Å². The van der Waals surface area contributed by atoms with E-state index >= 15 is 0 Å². The average Bonchev–Trinajstić information content (AvgIpc) is 2.02. The maximum absolute atomic E-state index is 11.2. The zero-order valence-electron chi connectivity index (χ0n) is 8.69. The fraction of sp³-hybridized carbons (Fsp3) is 0.778. The molecule has 2 atom stereocenters. The topological polar surface area (TPSA) is 89.6 Å². The van der Waals surface area contributed by atoms with E-state index in [9.17, 15) is 9.59 Å². The molecule has 0 aromatic carbocycles. The summed E-state index contributed by atoms with van der Waals surface area (Å²) in [5.74, 6) is -1.55. The van der Waals surface area contributed by atoms with Crippen LogP contribution in [0.3, 0.4) is 0 Å². The largest absolute Gasteiger partial charge is 0.479 e. The number of ether oxygens (including phenoxy) is 1. The van der Waals surface area contributed by atoms with E-state index in [1.807, 2.05) is 13.8 Å². The molecule has 0 saturated heterocycles. The number of carboxylic acid groups (broad SMARTS) is 1. The van der Waals surface area contributed by atoms with Crippen molar-refractivity contribution in [1.29, 1.82) is 0 Å². The van der Waals surface area contributed by atoms with Crippen LogP contribution >= 0.6 is 0 Å². The van der Waals surface area contributed by atoms with Gasteiger partial charge in [-0.1, -0.05) is 13.8 Å². The molecule has 14 heavy (non-hydrogen) atoms. The smallest absolute Gasteiger partial charge is 0.344 e. The molecule has 0 aromatic heterocycles. The van der Waals surface area contributed by atoms with Gasteiger partial charge in [0.15, 0.2) is 6.10 Å². The minimum atomic E-state index is -1.17. The molecule has 0 spiro atoms. The summed E-state index contributed by atoms with van der Waals surface area (Å²) in [4.78, 5) is 21.5. The van der Waals surface area contributed by atoms with E-state index in [4.69, 9.17) is 10.8 Å². The minimum Gasteiger partial charge on any atom is -0.479 e. The summed E-state index contributed by atoms with van der Waals surface area (Å²) in [6.07, 6.45) is -0.647. The van der Waals surface area contributed by atoms with Gasteiger partial charge in [0.25, 0.3) is 0 Å². The third-order valence-electron chi connectivity index (χ3n) is 1.67. The minimum absolute atomic E-state index is 0.276. The monoisotopic (exact) mass is 203 g/mol. The van der Waals surface area contributed by atoms with Crippen LogP contribution in [0.5, 0.6) is 0 Å². The molecule has 0 amide bonds. The predicted molar refractivity (Wildman–Crippen MR) is 50.6 cm³/mol. The Morgan fingerprint density at radius 2 is 1.86 bits per heavy atom. The Morgan fingerprint density at radius 3 is 2.21 bits per heavy atom. The Morgan fingerprint density at radius 1 is 1.36 bits per heavy atom. The fourth-order valence-corrected chi connectivity index (χ4v) is 0.916. The molecule has 0 heterocycles. The van der Waals surface area contributed by atoms with E-state index in [1.54, 1.807) is 0 Å². The van der Waals surface area contributed by atoms with Crippen LogP contribution in [0.15, 0.2) is 0 Å². The van der Waals surface area contributed by atoms with Gasteiger partial charge in [-0.25, -0.2) is 4.79 Å². The van der Waals surface area contributed by atoms with Gasteiger partial charge in [-0.05, 0) is 19.3 Å². The number of rotatable bonds is 5. The number of esters is 1. The van der Waals surface area contributed by atoms with Crippen LogP contribution < -0.4 is 5.73 Å². The van der Waals surface area contributed by atoms with Gasteiger partial charge in [0.1, 0.15) is 6.04 Å². The lowest BCUT2D eigenvalue weighted by Gasteiger charge is -2.15. The second-order valence-electron chi connectivity index (χ2n) is 3.65. The van der Waals surface area contributed by atoms with Crippen molar-refractivity contribution in [3.8, 4) is 0 Å². The molecule has 0 rings (SSSR count). The van der Waals surface area contributed by atoms with Crippen molar-refractivity contribution < 1.29 is 19.4 Å². The molecule has 0 aliphatic carbocycles. The van der Waals surface area contributed by atoms with Crippen LogP contribution in [0, 0.1) is 5.92 Å². The maximum atomic E-state index is 11.2. The molecule has 0 aliphatic heterocycles. The van der Waals surface area contributed by atoms with Crippen molar-refractivity contribution in [2.75, 3.05) is 0 Å². The van der Waals surface area contributed by atoms with E-state index in [-0.39, 0.29) is 5.92 Å². The summed E-state index contributed by atoms with van der Waals surface area (Å²) in [5.41, 5.74) is 5.50. The molecule has 82 valence electrons. The summed E-state index contributed by atoms with van der Waals surface area (Å²) in [7, 11) is 0. The number of nitrogens with two attached hydrogens (primary N) is 1. The Hall–Kier alpha value is -1.10. The molecule has 0 aliphatic rings. The average molecular weight is 203 g/mol. The van der Waals surface area contributed by atoms with E-state index in [0.29, 0.717) is 6.42 Å². The summed E-state index contributed by atoms with van der Waals surface area (Å²) in [6.45, 7) is 5.14. The normalized spacial score (nSPS) is 14.9. The summed E-state index contributed by atoms with van der Waals surface area (Å²) < 4.78 is 4.61. The molecule has 0 aromatic rings. The van der Waals surface area contributed by atoms with Crippen LogP contribution in [-0.2, 0) is 14.3 Å². The Bertz CT molecular complexity index is 215. The highest BCUT2D eigenvalue weighted by molar-refractivity contribution is 5.80. The number of hydrogen-bond acceptors (Lipinski definition) is 4. The number of carboxylic acids is 1. The number of carbonyl (C=O) groups excluding carboxylic acids is 1. The van der Waals surface area contributed by atoms with Crippen LogP contribution in [-0.4, -0.2) is 29.2 Å². The van der Waals surface area contributed by atoms with Crippen LogP contribution in [0.2, 0.25) is 0 Å². The lowest BCUT2D eigenvalue weighted by Crippen LogP contribution is -2.37. The van der Waals surface area contributed by atoms with Crippen molar-refractivity contribution in [3.63, 3.8) is 0 Å². The molecule has 0 radical (unpaired) electrons. The lowest BCUT2D eigenvalue weighted by molar-refractivity contribution is -0.163. The zero-order valence-corrected chi connectivity index (χ0v) is 8.69. The molecule has 0 bridgehead atoms. The van der Waals surface area contributed by atoms with Crippen molar-refractivity contribution >= 4 is 11.9 Å². The van der Waals surface area contributed by atoms with Gasteiger partial charge in [0.05, 0.1) is 0 Å². The van der Waals surface area contributed by atoms with Crippen molar-refractivity contribution in [1.82, 2.24) is 0 Å². The maximum Gasteiger partial charge on any atom is 0.344 e. The summed E-state index contributed by atoms with van der Waals surface area (Å²) >= 11 is 0. The van der Waals surface area contributed by atoms with E-state index < -0.39 is 24.1 Å². The van der Waals surface area contributed by atoms with E-state index in [1.165, 1.54) is 6.92 Å². The Kier molecular flexibility index (Phi) is 5.15. The number of aliphatic carboxylic acids is 1. The first kappa shape index (κ1) is 12.9. The molecule has 0 fully saturated rings. The van der Waals surface area contributed by atoms with Crippen molar-refractivity contribution in [3.05, 3.63) is 0 Å². The van der Waals surface area contributed by atoms with E-state index in [0.717, 1.165) is 0 Å². The van der Waals surface area contributed by atoms with E-state index in [2.05, 4.69) is 4.74 Å². The van der Waals surface area contributed by atoms with Gasteiger partial charge in [-0.15, -0.1) is 0 Å². The lowest BCUT2D eigenvalue weighted by atomic mass is 10.1. The van der Waals surface area contributed by atoms with Crippen LogP contribution in [0.1, 0.15) is 27.2 Å². The molecule has 5 heteroatoms. The van der Waals surface area contributed by atoms with Gasteiger partial charge < -0.3 is 15.6 Å². The highest BCUT2D eigenvalue weighted by Crippen LogP contribution is 2.05. The van der Waals surface area contributed by atoms with Gasteiger partial charge in [-0.3, -0.25) is 4.79 Å². The summed E-state index contributed by atoms with van der Waals surface area (Å²) in [5, 5.41) is 8.48. The first-order chi connectivity index (χ1) is 6.34. The van der Waals surface area contributed by atoms with Gasteiger partial charge >= 0.3 is 11.9 Å². The highest BCUT2D eigenvalue weighted by Gasteiger charge is 2.22. The quantitative estimate of drug-likeness (QED) is 0.630. The van der Waals surface area contributed by atoms with Gasteiger partial charge in [-0.2, -0.15) is 0 Å². The third-order valence-corrected chi connectivity index (χ3v) is 1.67. The second kappa shape index (κ2) is 5.59. The first-order valence-corrected chi connectivity index (χ1v) is 4.53. The summed E-state index contributed by atoms with van der Waals surface area (Å²) in [6, 6.07) is -0.739. The number of carbonyl (C=O) groups is 2. The third kappa shape index (κ3) is 4.81. The number of hydrogen-bond donors (Lipinski definition) is 2. The predicted octanol–water partition coefficient (Wildman–Crippen LogP) is 0.376. The second-order valence-corrected chi connectivity index (χ2v) is 3.65. The molecule has 3 N–H and O–H groups in total. The molecule has 0 saturated carbocycles. The van der Waals surface area contributed by atoms with Gasteiger partial charge in [0, 0.05) is 0 Å². The SMILES string of the molecule is CC(C)C[C@H](N)C(=O)O[C@@H](C)C(=O)O. The highest BCUT2D eigenvalue weighted by atomic mass is 16.6. The Balaban J connectivity index is 4.01. The van der Waals surface area contributed by atoms with Crippen LogP contribution in [0.25, 0.3) is 0 Å². The molecular formula is C9H17NO4. The fourth-order valence-electron chi connectivity index (χ4n) is 0.916. The standard InChI is InChI=1S/C9H17NO4/c1-5(2)4-7(10)9(13)14-6(3)8(11)12/h5-7H,4,10H2,1-3H3,(H,11,12)/t6-,7-/m0/s1. The Labute approximate surface area is 83.2 Å².